The summed E-state index contributed by atoms with van der Waals surface area (Å²) >= 11 is 0. The van der Waals surface area contributed by atoms with E-state index >= 15 is 0 Å². The number of hydrogen-bond donors (Lipinski definition) is 1. The molecule has 0 aliphatic heterocycles. The molecule has 0 aliphatic carbocycles. The Labute approximate surface area is 109 Å². The summed E-state index contributed by atoms with van der Waals surface area (Å²) in [5.41, 5.74) is 3.94. The monoisotopic (exact) mass is 243 g/mol. The minimum Gasteiger partial charge on any atom is -0.460 e. The quantitative estimate of drug-likeness (QED) is 0.864. The third-order valence-electron chi connectivity index (χ3n) is 3.24. The number of furan rings is 1. The number of nitrogens with one attached hydrogen (secondary N) is 1. The van der Waals surface area contributed by atoms with E-state index in [2.05, 4.69) is 43.4 Å². The van der Waals surface area contributed by atoms with Crippen LogP contribution in [0.2, 0.25) is 0 Å². The van der Waals surface area contributed by atoms with Gasteiger partial charge in [0, 0.05) is 5.56 Å². The molecule has 0 bridgehead atoms. The third-order valence-corrected chi connectivity index (χ3v) is 3.24. The van der Waals surface area contributed by atoms with Crippen LogP contribution in [0, 0.1) is 0 Å². The molecule has 2 aromatic rings. The maximum absolute atomic E-state index is 5.89. The molecule has 0 aliphatic rings. The summed E-state index contributed by atoms with van der Waals surface area (Å²) in [4.78, 5) is 0. The van der Waals surface area contributed by atoms with Crippen molar-refractivity contribution < 1.29 is 4.42 Å². The molecule has 2 nitrogen and oxygen atoms in total. The highest BCUT2D eigenvalue weighted by Crippen LogP contribution is 2.27. The lowest BCUT2D eigenvalue weighted by molar-refractivity contribution is 0.507. The fraction of sp³-hybridized carbons (Fsp3) is 0.375. The molecule has 2 rings (SSSR count). The van der Waals surface area contributed by atoms with Gasteiger partial charge in [0.2, 0.25) is 0 Å². The zero-order valence-corrected chi connectivity index (χ0v) is 11.4. The normalized spacial score (nSPS) is 10.8. The highest BCUT2D eigenvalue weighted by atomic mass is 16.3. The third kappa shape index (κ3) is 2.65. The second-order valence-electron chi connectivity index (χ2n) is 4.49. The van der Waals surface area contributed by atoms with Crippen LogP contribution in [-0.2, 0) is 19.4 Å². The molecule has 0 saturated heterocycles. The number of rotatable bonds is 5. The second-order valence-corrected chi connectivity index (χ2v) is 4.49. The Kier molecular flexibility index (Phi) is 4.21. The van der Waals surface area contributed by atoms with Crippen LogP contribution in [0.25, 0.3) is 11.3 Å². The molecule has 1 N–H and O–H groups in total. The molecule has 0 spiro atoms. The molecule has 96 valence electrons. The van der Waals surface area contributed by atoms with Gasteiger partial charge in [-0.2, -0.15) is 0 Å². The first-order chi connectivity index (χ1) is 8.78. The minimum absolute atomic E-state index is 0.773. The van der Waals surface area contributed by atoms with Gasteiger partial charge in [0.25, 0.3) is 0 Å². The van der Waals surface area contributed by atoms with Gasteiger partial charge in [-0.05, 0) is 49.2 Å². The fourth-order valence-electron chi connectivity index (χ4n) is 2.17. The molecule has 0 unspecified atom stereocenters. The van der Waals surface area contributed by atoms with Crippen molar-refractivity contribution in [1.29, 1.82) is 0 Å². The summed E-state index contributed by atoms with van der Waals surface area (Å²) < 4.78 is 5.89. The van der Waals surface area contributed by atoms with E-state index in [9.17, 15) is 0 Å². The zero-order valence-electron chi connectivity index (χ0n) is 11.4. The van der Waals surface area contributed by atoms with Crippen molar-refractivity contribution in [2.24, 2.45) is 0 Å². The fourth-order valence-corrected chi connectivity index (χ4v) is 2.17. The predicted molar refractivity (Wildman–Crippen MR) is 75.7 cm³/mol. The van der Waals surface area contributed by atoms with Gasteiger partial charge < -0.3 is 9.73 Å². The minimum atomic E-state index is 0.773. The van der Waals surface area contributed by atoms with E-state index in [0.29, 0.717) is 0 Å². The summed E-state index contributed by atoms with van der Waals surface area (Å²) in [5.74, 6) is 1.96. The van der Waals surface area contributed by atoms with Crippen LogP contribution >= 0.6 is 0 Å². The molecule has 1 heterocycles. The van der Waals surface area contributed by atoms with Crippen LogP contribution in [0.4, 0.5) is 0 Å². The Balaban J connectivity index is 2.40. The molecule has 0 atom stereocenters. The van der Waals surface area contributed by atoms with Crippen molar-refractivity contribution in [3.63, 3.8) is 0 Å². The Morgan fingerprint density at radius 2 is 1.89 bits per heavy atom. The summed E-state index contributed by atoms with van der Waals surface area (Å²) in [6.07, 6.45) is 2.09. The molecule has 0 radical (unpaired) electrons. The Morgan fingerprint density at radius 3 is 2.56 bits per heavy atom. The summed E-state index contributed by atoms with van der Waals surface area (Å²) in [7, 11) is 1.93. The topological polar surface area (TPSA) is 25.2 Å². The second kappa shape index (κ2) is 5.87. The zero-order chi connectivity index (χ0) is 13.0. The van der Waals surface area contributed by atoms with Crippen LogP contribution in [0.15, 0.2) is 34.7 Å². The Bertz CT molecular complexity index is 514. The largest absolute Gasteiger partial charge is 0.460 e. The molecule has 0 saturated carbocycles. The van der Waals surface area contributed by atoms with Gasteiger partial charge in [0.05, 0.1) is 6.54 Å². The van der Waals surface area contributed by atoms with Crippen LogP contribution in [0.5, 0.6) is 0 Å². The number of aryl methyl sites for hydroxylation is 2. The lowest BCUT2D eigenvalue weighted by Crippen LogP contribution is -2.03. The van der Waals surface area contributed by atoms with E-state index in [-0.39, 0.29) is 0 Å². The van der Waals surface area contributed by atoms with Crippen LogP contribution < -0.4 is 5.32 Å². The number of benzene rings is 1. The average molecular weight is 243 g/mol. The highest BCUT2D eigenvalue weighted by Gasteiger charge is 2.09. The van der Waals surface area contributed by atoms with Gasteiger partial charge in [-0.25, -0.2) is 0 Å². The summed E-state index contributed by atoms with van der Waals surface area (Å²) in [6, 6.07) is 10.8. The molecule has 18 heavy (non-hydrogen) atoms. The smallest absolute Gasteiger partial charge is 0.134 e. The van der Waals surface area contributed by atoms with Gasteiger partial charge in [0.1, 0.15) is 11.5 Å². The molecule has 2 heteroatoms. The summed E-state index contributed by atoms with van der Waals surface area (Å²) in [6.45, 7) is 5.14. The van der Waals surface area contributed by atoms with Crippen molar-refractivity contribution in [3.8, 4) is 11.3 Å². The SMILES string of the molecule is CCc1ccc(CC)c(-c2ccc(CNC)o2)c1. The van der Waals surface area contributed by atoms with E-state index in [1.54, 1.807) is 0 Å². The number of hydrogen-bond acceptors (Lipinski definition) is 2. The lowest BCUT2D eigenvalue weighted by atomic mass is 9.99. The Morgan fingerprint density at radius 1 is 1.06 bits per heavy atom. The van der Waals surface area contributed by atoms with Crippen molar-refractivity contribution >= 4 is 0 Å². The van der Waals surface area contributed by atoms with E-state index in [1.165, 1.54) is 16.7 Å². The molecular weight excluding hydrogens is 222 g/mol. The van der Waals surface area contributed by atoms with Gasteiger partial charge >= 0.3 is 0 Å². The maximum atomic E-state index is 5.89. The average Bonchev–Trinajstić information content (AvgIpc) is 2.87. The van der Waals surface area contributed by atoms with E-state index in [1.807, 2.05) is 13.1 Å². The molecule has 1 aromatic carbocycles. The first-order valence-corrected chi connectivity index (χ1v) is 6.64. The van der Waals surface area contributed by atoms with Crippen LogP contribution in [0.1, 0.15) is 30.7 Å². The lowest BCUT2D eigenvalue weighted by Gasteiger charge is -2.07. The van der Waals surface area contributed by atoms with E-state index < -0.39 is 0 Å². The standard InChI is InChI=1S/C16H21NO/c1-4-12-6-7-13(5-2)15(10-12)16-9-8-14(18-16)11-17-3/h6-10,17H,4-5,11H2,1-3H3. The molecule has 0 amide bonds. The van der Waals surface area contributed by atoms with Crippen molar-refractivity contribution in [3.05, 3.63) is 47.2 Å². The molecular formula is C16H21NO. The molecule has 1 aromatic heterocycles. The van der Waals surface area contributed by atoms with Crippen molar-refractivity contribution in [2.45, 2.75) is 33.2 Å². The van der Waals surface area contributed by atoms with Crippen molar-refractivity contribution in [1.82, 2.24) is 5.32 Å². The van der Waals surface area contributed by atoms with E-state index in [0.717, 1.165) is 30.9 Å². The first kappa shape index (κ1) is 12.9. The van der Waals surface area contributed by atoms with Gasteiger partial charge in [-0.1, -0.05) is 26.0 Å². The van der Waals surface area contributed by atoms with Gasteiger partial charge in [0.15, 0.2) is 0 Å². The van der Waals surface area contributed by atoms with E-state index in [4.69, 9.17) is 4.42 Å². The van der Waals surface area contributed by atoms with Crippen LogP contribution in [0.3, 0.4) is 0 Å². The first-order valence-electron chi connectivity index (χ1n) is 6.64. The maximum Gasteiger partial charge on any atom is 0.134 e. The van der Waals surface area contributed by atoms with Gasteiger partial charge in [-0.3, -0.25) is 0 Å². The van der Waals surface area contributed by atoms with Crippen LogP contribution in [-0.4, -0.2) is 7.05 Å². The highest BCUT2D eigenvalue weighted by molar-refractivity contribution is 5.63. The Hall–Kier alpha value is -1.54. The molecule has 0 fully saturated rings. The summed E-state index contributed by atoms with van der Waals surface area (Å²) in [5, 5.41) is 3.11. The predicted octanol–water partition coefficient (Wildman–Crippen LogP) is 3.79. The van der Waals surface area contributed by atoms with Crippen molar-refractivity contribution in [2.75, 3.05) is 7.05 Å². The van der Waals surface area contributed by atoms with Gasteiger partial charge in [-0.15, -0.1) is 0 Å².